The van der Waals surface area contributed by atoms with Crippen LogP contribution in [0.15, 0.2) is 34.2 Å². The number of rotatable bonds is 7. The average molecular weight is 549 g/mol. The number of oxime groups is 1. The maximum Gasteiger partial charge on any atom is 0.362 e. The van der Waals surface area contributed by atoms with Crippen molar-refractivity contribution >= 4 is 22.7 Å². The van der Waals surface area contributed by atoms with Crippen molar-refractivity contribution in [3.05, 3.63) is 40.3 Å². The molecule has 4 fully saturated rings. The van der Waals surface area contributed by atoms with Gasteiger partial charge >= 0.3 is 5.97 Å². The molecular formula is C32H44N4O4. The van der Waals surface area contributed by atoms with Crippen LogP contribution >= 0.6 is 0 Å². The fraction of sp³-hybridized carbons (Fsp3) is 0.688. The van der Waals surface area contributed by atoms with E-state index in [9.17, 15) is 9.59 Å². The molecule has 0 unspecified atom stereocenters. The molecule has 0 N–H and O–H groups in total. The Balaban J connectivity index is 1.36. The van der Waals surface area contributed by atoms with Crippen molar-refractivity contribution in [1.82, 2.24) is 14.5 Å². The zero-order valence-corrected chi connectivity index (χ0v) is 24.1. The van der Waals surface area contributed by atoms with Gasteiger partial charge in [-0.05, 0) is 82.8 Å². The van der Waals surface area contributed by atoms with E-state index >= 15 is 0 Å². The quantitative estimate of drug-likeness (QED) is 0.254. The van der Waals surface area contributed by atoms with Crippen molar-refractivity contribution in [3.63, 3.8) is 0 Å². The summed E-state index contributed by atoms with van der Waals surface area (Å²) in [5.74, 6) is 1.10. The van der Waals surface area contributed by atoms with E-state index in [1.54, 1.807) is 13.8 Å². The molecule has 40 heavy (non-hydrogen) atoms. The third-order valence-electron chi connectivity index (χ3n) is 9.92. The molecule has 4 aliphatic rings. The second kappa shape index (κ2) is 12.0. The summed E-state index contributed by atoms with van der Waals surface area (Å²) >= 11 is 0. The molecule has 8 heteroatoms. The fourth-order valence-corrected chi connectivity index (χ4v) is 8.48. The zero-order chi connectivity index (χ0) is 27.6. The van der Waals surface area contributed by atoms with Crippen molar-refractivity contribution in [2.75, 3.05) is 13.2 Å². The third kappa shape index (κ3) is 5.31. The number of aromatic nitrogens is 2. The van der Waals surface area contributed by atoms with Crippen molar-refractivity contribution in [1.29, 1.82) is 0 Å². The molecule has 0 amide bonds. The molecule has 1 aromatic carbocycles. The smallest absolute Gasteiger partial charge is 0.362 e. The number of fused-ring (bicyclic) bond motifs is 5. The lowest BCUT2D eigenvalue weighted by molar-refractivity contribution is -0.135. The zero-order valence-electron chi connectivity index (χ0n) is 24.1. The van der Waals surface area contributed by atoms with Crippen LogP contribution in [0, 0.1) is 11.8 Å². The summed E-state index contributed by atoms with van der Waals surface area (Å²) in [6, 6.07) is 9.47. The number of hydrogen-bond donors (Lipinski definition) is 0. The van der Waals surface area contributed by atoms with Crippen molar-refractivity contribution < 1.29 is 14.4 Å². The molecule has 2 saturated heterocycles. The molecule has 2 aliphatic carbocycles. The van der Waals surface area contributed by atoms with Crippen molar-refractivity contribution in [2.24, 2.45) is 17.0 Å². The molecule has 1 aromatic heterocycles. The highest BCUT2D eigenvalue weighted by Crippen LogP contribution is 2.47. The predicted molar refractivity (Wildman–Crippen MR) is 155 cm³/mol. The van der Waals surface area contributed by atoms with Gasteiger partial charge in [0.15, 0.2) is 5.69 Å². The lowest BCUT2D eigenvalue weighted by Gasteiger charge is -2.54. The molecule has 6 rings (SSSR count). The maximum absolute atomic E-state index is 14.2. The minimum Gasteiger partial charge on any atom is -0.461 e. The number of ether oxygens (including phenoxy) is 1. The van der Waals surface area contributed by atoms with Gasteiger partial charge in [-0.3, -0.25) is 9.69 Å². The highest BCUT2D eigenvalue weighted by atomic mass is 16.6. The maximum atomic E-state index is 14.2. The van der Waals surface area contributed by atoms with E-state index in [1.807, 2.05) is 28.8 Å². The number of benzene rings is 1. The van der Waals surface area contributed by atoms with Crippen LogP contribution in [0.25, 0.3) is 11.0 Å². The summed E-state index contributed by atoms with van der Waals surface area (Å²) in [6.45, 7) is 3.97. The largest absolute Gasteiger partial charge is 0.461 e. The number of hydrogen-bond acceptors (Lipinski definition) is 7. The molecule has 2 aromatic rings. The van der Waals surface area contributed by atoms with E-state index in [-0.39, 0.29) is 36.2 Å². The second-order valence-corrected chi connectivity index (χ2v) is 12.4. The molecule has 2 saturated carbocycles. The van der Waals surface area contributed by atoms with E-state index in [0.717, 1.165) is 30.2 Å². The van der Waals surface area contributed by atoms with Gasteiger partial charge in [-0.1, -0.05) is 49.4 Å². The Kier molecular flexibility index (Phi) is 8.24. The SMILES string of the molecule is CCO/N=C(\C(=O)OCC)c1nc2ccccc2n(C2C[C@H]3CCC[C@H](C2)N3C2C[C@@H]3CCCC[C@@H](C2)C3)c1=O. The van der Waals surface area contributed by atoms with Gasteiger partial charge in [-0.15, -0.1) is 0 Å². The molecule has 4 bridgehead atoms. The van der Waals surface area contributed by atoms with Crippen LogP contribution in [0.2, 0.25) is 0 Å². The van der Waals surface area contributed by atoms with Gasteiger partial charge in [-0.25, -0.2) is 9.78 Å². The number of piperidine rings is 2. The van der Waals surface area contributed by atoms with Gasteiger partial charge in [0.25, 0.3) is 5.56 Å². The Morgan fingerprint density at radius 1 is 0.875 bits per heavy atom. The summed E-state index contributed by atoms with van der Waals surface area (Å²) in [5.41, 5.74) is 1.06. The van der Waals surface area contributed by atoms with Crippen LogP contribution in [0.4, 0.5) is 0 Å². The first-order valence-corrected chi connectivity index (χ1v) is 15.7. The lowest BCUT2D eigenvalue weighted by Crippen LogP contribution is -2.58. The van der Waals surface area contributed by atoms with Gasteiger partial charge in [0, 0.05) is 24.2 Å². The Hall–Kier alpha value is -2.74. The topological polar surface area (TPSA) is 86.0 Å². The van der Waals surface area contributed by atoms with Crippen molar-refractivity contribution in [2.45, 2.75) is 115 Å². The average Bonchev–Trinajstić information content (AvgIpc) is 3.12. The minimum absolute atomic E-state index is 0.00884. The van der Waals surface area contributed by atoms with Crippen LogP contribution in [0.5, 0.6) is 0 Å². The molecule has 8 nitrogen and oxygen atoms in total. The summed E-state index contributed by atoms with van der Waals surface area (Å²) in [6.07, 6.45) is 15.3. The molecule has 216 valence electrons. The van der Waals surface area contributed by atoms with Crippen LogP contribution in [-0.4, -0.2) is 57.5 Å². The van der Waals surface area contributed by atoms with Crippen LogP contribution in [0.1, 0.15) is 103 Å². The minimum atomic E-state index is -0.687. The summed E-state index contributed by atoms with van der Waals surface area (Å²) in [4.78, 5) is 39.9. The normalized spacial score (nSPS) is 31.0. The third-order valence-corrected chi connectivity index (χ3v) is 9.92. The van der Waals surface area contributed by atoms with Gasteiger partial charge in [-0.2, -0.15) is 0 Å². The summed E-state index contributed by atoms with van der Waals surface area (Å²) in [7, 11) is 0. The van der Waals surface area contributed by atoms with Crippen LogP contribution in [-0.2, 0) is 14.4 Å². The molecule has 2 aliphatic heterocycles. The van der Waals surface area contributed by atoms with Gasteiger partial charge in [0.1, 0.15) is 6.61 Å². The second-order valence-electron chi connectivity index (χ2n) is 12.4. The number of para-hydroxylation sites is 2. The Morgan fingerprint density at radius 3 is 2.25 bits per heavy atom. The number of esters is 1. The molecule has 4 atom stereocenters. The van der Waals surface area contributed by atoms with Gasteiger partial charge in [0.2, 0.25) is 5.71 Å². The number of carbonyl (C=O) groups excluding carboxylic acids is 1. The summed E-state index contributed by atoms with van der Waals surface area (Å²) in [5, 5.41) is 4.01. The first-order chi connectivity index (χ1) is 19.6. The first kappa shape index (κ1) is 27.4. The number of carbonyl (C=O) groups is 1. The van der Waals surface area contributed by atoms with Crippen LogP contribution < -0.4 is 5.56 Å². The molecular weight excluding hydrogens is 504 g/mol. The van der Waals surface area contributed by atoms with Gasteiger partial charge < -0.3 is 14.1 Å². The summed E-state index contributed by atoms with van der Waals surface area (Å²) < 4.78 is 7.16. The molecule has 0 spiro atoms. The lowest BCUT2D eigenvalue weighted by atomic mass is 9.73. The monoisotopic (exact) mass is 548 g/mol. The predicted octanol–water partition coefficient (Wildman–Crippen LogP) is 5.62. The van der Waals surface area contributed by atoms with Gasteiger partial charge in [0.05, 0.1) is 17.6 Å². The Morgan fingerprint density at radius 2 is 1.57 bits per heavy atom. The van der Waals surface area contributed by atoms with E-state index in [4.69, 9.17) is 9.57 Å². The molecule has 3 heterocycles. The number of nitrogens with zero attached hydrogens (tertiary/aromatic N) is 4. The standard InChI is InChI=1S/C32H44N4O4/c1-3-39-32(38)30(34-40-4-2)29-31(37)36(28-15-8-7-14-27(28)33-29)26-19-23-12-9-13-24(20-26)35(23)25-17-21-10-5-6-11-22(16-21)18-25/h7-8,14-15,21-26H,3-6,9-13,16-20H2,1-2H3/b34-30-/t21-,22-,23-,24-/m1/s1. The fourth-order valence-electron chi connectivity index (χ4n) is 8.48. The van der Waals surface area contributed by atoms with E-state index in [0.29, 0.717) is 23.6 Å². The highest BCUT2D eigenvalue weighted by Gasteiger charge is 2.45. The highest BCUT2D eigenvalue weighted by molar-refractivity contribution is 6.42. The van der Waals surface area contributed by atoms with E-state index in [2.05, 4.69) is 15.0 Å². The van der Waals surface area contributed by atoms with E-state index in [1.165, 1.54) is 64.2 Å². The first-order valence-electron chi connectivity index (χ1n) is 15.7. The Labute approximate surface area is 237 Å². The molecule has 0 radical (unpaired) electrons. The van der Waals surface area contributed by atoms with E-state index < -0.39 is 5.97 Å². The van der Waals surface area contributed by atoms with Crippen LogP contribution in [0.3, 0.4) is 0 Å². The van der Waals surface area contributed by atoms with Crippen molar-refractivity contribution in [3.8, 4) is 0 Å². The Bertz CT molecular complexity index is 1280.